The molecule has 10 heavy (non-hydrogen) atoms. The van der Waals surface area contributed by atoms with Crippen molar-refractivity contribution < 1.29 is 30.9 Å². The summed E-state index contributed by atoms with van der Waals surface area (Å²) in [7, 11) is 1.42. The van der Waals surface area contributed by atoms with E-state index in [1.807, 2.05) is 20.4 Å². The molecule has 0 aliphatic rings. The van der Waals surface area contributed by atoms with Crippen LogP contribution >= 0.6 is 0 Å². The second-order valence-corrected chi connectivity index (χ2v) is 0.224. The van der Waals surface area contributed by atoms with Gasteiger partial charge in [0.15, 0.2) is 0 Å². The average molecular weight is 190 g/mol. The first-order chi connectivity index (χ1) is 4.41. The van der Waals surface area contributed by atoms with Crippen molar-refractivity contribution in [3.63, 3.8) is 0 Å². The number of nitrogens with zero attached hydrogens (tertiary/aromatic N) is 1. The maximum atomic E-state index is 8.00. The van der Waals surface area contributed by atoms with E-state index in [1.165, 1.54) is 7.05 Å². The van der Waals surface area contributed by atoms with Crippen LogP contribution in [0, 0.1) is 6.57 Å². The fraction of sp³-hybridized carbons (Fsp3) is 0.200. The molecule has 0 aromatic carbocycles. The zero-order valence-corrected chi connectivity index (χ0v) is 6.60. The van der Waals surface area contributed by atoms with E-state index in [2.05, 4.69) is 4.85 Å². The summed E-state index contributed by atoms with van der Waals surface area (Å²) < 4.78 is 0. The van der Waals surface area contributed by atoms with E-state index < -0.39 is 0 Å². The topological polar surface area (TPSA) is 55.6 Å². The molecule has 0 heterocycles. The average Bonchev–Trinajstić information content (AvgIpc) is 2.01. The first-order valence-electron chi connectivity index (χ1n) is 1.54. The van der Waals surface area contributed by atoms with Gasteiger partial charge in [-0.15, -0.1) is 0 Å². The smallest absolute Gasteiger partial charge is 0.205 e. The summed E-state index contributed by atoms with van der Waals surface area (Å²) in [4.78, 5) is 26.8. The maximum absolute atomic E-state index is 8.00. The first-order valence-corrected chi connectivity index (χ1v) is 1.54. The zero-order chi connectivity index (χ0) is 8.71. The van der Waals surface area contributed by atoms with E-state index in [0.29, 0.717) is 0 Å². The van der Waals surface area contributed by atoms with E-state index in [9.17, 15) is 0 Å². The molecule has 0 atom stereocenters. The number of carbonyl (C=O) groups is 3. The summed E-state index contributed by atoms with van der Waals surface area (Å²) >= 11 is 0. The van der Waals surface area contributed by atoms with Gasteiger partial charge >= 0.3 is 0 Å². The van der Waals surface area contributed by atoms with Crippen LogP contribution in [0.5, 0.6) is 0 Å². The van der Waals surface area contributed by atoms with Crippen LogP contribution in [0.15, 0.2) is 0 Å². The minimum Gasteiger partial charge on any atom is -0.320 e. The molecule has 4 nitrogen and oxygen atoms in total. The molecule has 0 aromatic rings. The van der Waals surface area contributed by atoms with Crippen molar-refractivity contribution in [2.75, 3.05) is 7.05 Å². The summed E-state index contributed by atoms with van der Waals surface area (Å²) in [5.74, 6) is 0. The molecule has 0 aromatic heterocycles. The van der Waals surface area contributed by atoms with Gasteiger partial charge in [0, 0.05) is 16.5 Å². The Balaban J connectivity index is -0.0000000110. The first kappa shape index (κ1) is 36.0. The monoisotopic (exact) mass is 189 g/mol. The molecular weight excluding hydrogens is 181 g/mol. The molecule has 0 spiro atoms. The van der Waals surface area contributed by atoms with Crippen molar-refractivity contribution in [2.24, 2.45) is 0 Å². The summed E-state index contributed by atoms with van der Waals surface area (Å²) in [6.45, 7) is 11.8. The molecule has 0 saturated heterocycles. The number of carbonyl (C=O) groups excluding carboxylic acids is 3. The van der Waals surface area contributed by atoms with Gasteiger partial charge in [-0.3, -0.25) is 0 Å². The summed E-state index contributed by atoms with van der Waals surface area (Å²) in [5.41, 5.74) is 0. The zero-order valence-electron chi connectivity index (χ0n) is 5.61. The summed E-state index contributed by atoms with van der Waals surface area (Å²) in [5, 5.41) is 0. The Morgan fingerprint density at radius 1 is 1.00 bits per heavy atom. The van der Waals surface area contributed by atoms with Crippen molar-refractivity contribution in [3.05, 3.63) is 11.4 Å². The molecule has 62 valence electrons. The molecule has 0 bridgehead atoms. The van der Waals surface area contributed by atoms with Gasteiger partial charge in [0.2, 0.25) is 7.05 Å². The maximum Gasteiger partial charge on any atom is 0.205 e. The Hall–Kier alpha value is -1.01. The van der Waals surface area contributed by atoms with Crippen molar-refractivity contribution in [1.29, 1.82) is 0 Å². The van der Waals surface area contributed by atoms with Gasteiger partial charge in [-0.05, 0) is 0 Å². The van der Waals surface area contributed by atoms with Crippen molar-refractivity contribution in [3.8, 4) is 0 Å². The molecule has 0 rings (SSSR count). The fourth-order valence-corrected chi connectivity index (χ4v) is 0. The molecule has 0 saturated carbocycles. The van der Waals surface area contributed by atoms with Crippen LogP contribution in [0.2, 0.25) is 0 Å². The van der Waals surface area contributed by atoms with Crippen LogP contribution in [0.1, 0.15) is 0 Å². The molecule has 0 unspecified atom stereocenters. The van der Waals surface area contributed by atoms with E-state index in [-0.39, 0.29) is 16.5 Å². The molecular formula is C5H9NNiO3. The molecule has 0 amide bonds. The van der Waals surface area contributed by atoms with E-state index in [1.54, 1.807) is 0 Å². The SMILES string of the molecule is C=O.C=O.C=O.[C-]#[N+]C.[Ni]. The molecule has 0 fully saturated rings. The second kappa shape index (κ2) is 9270000. The minimum atomic E-state index is 0. The molecule has 0 radical (unpaired) electrons. The third-order valence-electron chi connectivity index (χ3n) is 0. The minimum absolute atomic E-state index is 0. The van der Waals surface area contributed by atoms with Gasteiger partial charge in [0.1, 0.15) is 20.4 Å². The van der Waals surface area contributed by atoms with Crippen molar-refractivity contribution in [1.82, 2.24) is 0 Å². The van der Waals surface area contributed by atoms with Crippen LogP contribution in [-0.4, -0.2) is 27.4 Å². The second-order valence-electron chi connectivity index (χ2n) is 0.224. The molecule has 0 aliphatic carbocycles. The Morgan fingerprint density at radius 3 is 1.00 bits per heavy atom. The number of rotatable bonds is 0. The molecule has 0 aliphatic heterocycles. The Morgan fingerprint density at radius 2 is 1.00 bits per heavy atom. The van der Waals surface area contributed by atoms with Crippen LogP contribution < -0.4 is 0 Å². The predicted molar refractivity (Wildman–Crippen MR) is 33.9 cm³/mol. The Bertz CT molecular complexity index is 59.6. The summed E-state index contributed by atoms with van der Waals surface area (Å²) in [6.07, 6.45) is 0. The van der Waals surface area contributed by atoms with Crippen molar-refractivity contribution >= 4 is 20.4 Å². The standard InChI is InChI=1S/C2H3N.3CH2O.Ni/c1-3-2;3*1-2;/h1H3;3*1H2;. The van der Waals surface area contributed by atoms with Gasteiger partial charge in [0.05, 0.1) is 0 Å². The normalized spacial score (nSPS) is 2.00. The van der Waals surface area contributed by atoms with Crippen LogP contribution in [0.4, 0.5) is 0 Å². The predicted octanol–water partition coefficient (Wildman–Crippen LogP) is -0.0217. The van der Waals surface area contributed by atoms with Crippen LogP contribution in [-0.2, 0) is 30.9 Å². The van der Waals surface area contributed by atoms with Gasteiger partial charge in [-0.2, -0.15) is 0 Å². The molecule has 0 N–H and O–H groups in total. The number of hydrogen-bond acceptors (Lipinski definition) is 3. The third-order valence-corrected chi connectivity index (χ3v) is 0. The number of hydrogen-bond donors (Lipinski definition) is 0. The van der Waals surface area contributed by atoms with Gasteiger partial charge < -0.3 is 19.2 Å². The molecule has 5 heteroatoms. The Labute approximate surface area is 70.4 Å². The van der Waals surface area contributed by atoms with Gasteiger partial charge in [-0.1, -0.05) is 0 Å². The largest absolute Gasteiger partial charge is 0.320 e. The Kier molecular flexibility index (Phi) is 33400000. The van der Waals surface area contributed by atoms with E-state index >= 15 is 0 Å². The van der Waals surface area contributed by atoms with Crippen molar-refractivity contribution in [2.45, 2.75) is 0 Å². The van der Waals surface area contributed by atoms with Gasteiger partial charge in [-0.25, -0.2) is 6.57 Å². The van der Waals surface area contributed by atoms with E-state index in [4.69, 9.17) is 21.0 Å². The van der Waals surface area contributed by atoms with Gasteiger partial charge in [0.25, 0.3) is 0 Å². The van der Waals surface area contributed by atoms with Crippen LogP contribution in [0.25, 0.3) is 4.85 Å². The van der Waals surface area contributed by atoms with Crippen LogP contribution in [0.3, 0.4) is 0 Å². The third kappa shape index (κ3) is 248. The van der Waals surface area contributed by atoms with E-state index in [0.717, 1.165) is 0 Å². The quantitative estimate of drug-likeness (QED) is 0.398. The summed E-state index contributed by atoms with van der Waals surface area (Å²) in [6, 6.07) is 0. The fourth-order valence-electron chi connectivity index (χ4n) is 0.